The third kappa shape index (κ3) is 1.45. The van der Waals surface area contributed by atoms with Gasteiger partial charge in [0, 0.05) is 11.6 Å². The minimum absolute atomic E-state index is 0.0376. The van der Waals surface area contributed by atoms with Crippen LogP contribution in [0.1, 0.15) is 27.6 Å². The van der Waals surface area contributed by atoms with Crippen LogP contribution in [0, 0.1) is 16.0 Å². The van der Waals surface area contributed by atoms with Crippen LogP contribution in [0.3, 0.4) is 0 Å². The van der Waals surface area contributed by atoms with E-state index in [4.69, 9.17) is 0 Å². The van der Waals surface area contributed by atoms with E-state index in [0.717, 1.165) is 13.0 Å². The molecular formula is C11H7NO5. The molecule has 1 unspecified atom stereocenters. The van der Waals surface area contributed by atoms with Gasteiger partial charge in [0.25, 0.3) is 5.69 Å². The highest BCUT2D eigenvalue weighted by molar-refractivity contribution is 6.36. The molecule has 1 aromatic carbocycles. The summed E-state index contributed by atoms with van der Waals surface area (Å²) >= 11 is 0. The van der Waals surface area contributed by atoms with Crippen molar-refractivity contribution >= 4 is 23.0 Å². The Balaban J connectivity index is 2.70. The molecule has 0 fully saturated rings. The molecule has 0 saturated heterocycles. The van der Waals surface area contributed by atoms with Gasteiger partial charge in [-0.1, -0.05) is 12.1 Å². The van der Waals surface area contributed by atoms with E-state index in [0.29, 0.717) is 0 Å². The third-order valence-corrected chi connectivity index (χ3v) is 2.68. The molecular weight excluding hydrogens is 226 g/mol. The SMILES string of the molecule is CC(=O)C1C(=O)c2cccc([N+](=O)[O-])c2C1=O. The Kier molecular flexibility index (Phi) is 2.35. The molecule has 1 aliphatic carbocycles. The zero-order valence-electron chi connectivity index (χ0n) is 8.80. The van der Waals surface area contributed by atoms with Crippen molar-refractivity contribution in [3.63, 3.8) is 0 Å². The quantitative estimate of drug-likeness (QED) is 0.434. The number of benzene rings is 1. The highest BCUT2D eigenvalue weighted by Crippen LogP contribution is 2.33. The normalized spacial score (nSPS) is 18.1. The fraction of sp³-hybridized carbons (Fsp3) is 0.182. The number of carbonyl (C=O) groups excluding carboxylic acids is 3. The number of Topliss-reactive ketones (excluding diaryl/α,β-unsaturated/α-hetero) is 3. The van der Waals surface area contributed by atoms with E-state index in [1.807, 2.05) is 0 Å². The molecule has 1 atom stereocenters. The van der Waals surface area contributed by atoms with Crippen molar-refractivity contribution in [2.24, 2.45) is 5.92 Å². The smallest absolute Gasteiger partial charge is 0.280 e. The van der Waals surface area contributed by atoms with Crippen LogP contribution in [0.2, 0.25) is 0 Å². The lowest BCUT2D eigenvalue weighted by molar-refractivity contribution is -0.385. The first kappa shape index (κ1) is 11.1. The molecule has 0 saturated carbocycles. The molecule has 1 aromatic rings. The first-order chi connectivity index (χ1) is 7.95. The number of hydrogen-bond donors (Lipinski definition) is 0. The number of nitro groups is 1. The van der Waals surface area contributed by atoms with E-state index in [2.05, 4.69) is 0 Å². The second-order valence-corrected chi connectivity index (χ2v) is 3.73. The van der Waals surface area contributed by atoms with Crippen molar-refractivity contribution in [2.75, 3.05) is 0 Å². The molecule has 6 heteroatoms. The average Bonchev–Trinajstić information content (AvgIpc) is 2.51. The van der Waals surface area contributed by atoms with Crippen molar-refractivity contribution in [1.82, 2.24) is 0 Å². The van der Waals surface area contributed by atoms with Crippen LogP contribution in [0.5, 0.6) is 0 Å². The molecule has 17 heavy (non-hydrogen) atoms. The van der Waals surface area contributed by atoms with Gasteiger partial charge in [0.15, 0.2) is 11.6 Å². The maximum atomic E-state index is 11.8. The third-order valence-electron chi connectivity index (χ3n) is 2.68. The zero-order valence-corrected chi connectivity index (χ0v) is 8.80. The largest absolute Gasteiger partial charge is 0.299 e. The van der Waals surface area contributed by atoms with E-state index in [9.17, 15) is 24.5 Å². The molecule has 0 bridgehead atoms. The minimum atomic E-state index is -1.41. The van der Waals surface area contributed by atoms with Crippen LogP contribution >= 0.6 is 0 Å². The van der Waals surface area contributed by atoms with Crippen molar-refractivity contribution in [1.29, 1.82) is 0 Å². The summed E-state index contributed by atoms with van der Waals surface area (Å²) in [5.41, 5.74) is -0.711. The second kappa shape index (κ2) is 3.58. The summed E-state index contributed by atoms with van der Waals surface area (Å²) in [6.07, 6.45) is 0. The molecule has 0 N–H and O–H groups in total. The highest BCUT2D eigenvalue weighted by Gasteiger charge is 2.45. The number of fused-ring (bicyclic) bond motifs is 1. The topological polar surface area (TPSA) is 94.3 Å². The van der Waals surface area contributed by atoms with Crippen LogP contribution in [0.4, 0.5) is 5.69 Å². The van der Waals surface area contributed by atoms with Gasteiger partial charge in [-0.15, -0.1) is 0 Å². The van der Waals surface area contributed by atoms with Crippen molar-refractivity contribution < 1.29 is 19.3 Å². The van der Waals surface area contributed by atoms with Crippen molar-refractivity contribution in [3.05, 3.63) is 39.4 Å². The van der Waals surface area contributed by atoms with Gasteiger partial charge in [0.1, 0.15) is 17.3 Å². The monoisotopic (exact) mass is 233 g/mol. The predicted molar refractivity (Wildman–Crippen MR) is 55.9 cm³/mol. The minimum Gasteiger partial charge on any atom is -0.299 e. The lowest BCUT2D eigenvalue weighted by Gasteiger charge is -1.99. The average molecular weight is 233 g/mol. The van der Waals surface area contributed by atoms with Crippen LogP contribution in [0.25, 0.3) is 0 Å². The molecule has 6 nitrogen and oxygen atoms in total. The maximum absolute atomic E-state index is 11.8. The summed E-state index contributed by atoms with van der Waals surface area (Å²) in [6, 6.07) is 3.79. The Labute approximate surface area is 95.4 Å². The second-order valence-electron chi connectivity index (χ2n) is 3.73. The fourth-order valence-corrected chi connectivity index (χ4v) is 1.94. The van der Waals surface area contributed by atoms with Crippen LogP contribution in [-0.4, -0.2) is 22.3 Å². The van der Waals surface area contributed by atoms with Crippen LogP contribution in [0.15, 0.2) is 18.2 Å². The van der Waals surface area contributed by atoms with Crippen LogP contribution < -0.4 is 0 Å². The predicted octanol–water partition coefficient (Wildman–Crippen LogP) is 1.18. The Morgan fingerprint density at radius 1 is 1.29 bits per heavy atom. The van der Waals surface area contributed by atoms with Gasteiger partial charge in [-0.3, -0.25) is 24.5 Å². The van der Waals surface area contributed by atoms with E-state index >= 15 is 0 Å². The van der Waals surface area contributed by atoms with Gasteiger partial charge < -0.3 is 0 Å². The molecule has 0 amide bonds. The summed E-state index contributed by atoms with van der Waals surface area (Å²) in [7, 11) is 0. The molecule has 0 aliphatic heterocycles. The fourth-order valence-electron chi connectivity index (χ4n) is 1.94. The van der Waals surface area contributed by atoms with E-state index < -0.39 is 33.9 Å². The standard InChI is InChI=1S/C11H7NO5/c1-5(13)8-10(14)6-3-2-4-7(12(16)17)9(6)11(8)15/h2-4,8H,1H3. The first-order valence-corrected chi connectivity index (χ1v) is 4.81. The van der Waals surface area contributed by atoms with Gasteiger partial charge in [-0.25, -0.2) is 0 Å². The zero-order chi connectivity index (χ0) is 12.7. The summed E-state index contributed by atoms with van der Waals surface area (Å²) in [5.74, 6) is -3.43. The number of nitro benzene ring substituents is 1. The van der Waals surface area contributed by atoms with Gasteiger partial charge >= 0.3 is 0 Å². The van der Waals surface area contributed by atoms with Gasteiger partial charge in [-0.2, -0.15) is 0 Å². The maximum Gasteiger partial charge on any atom is 0.280 e. The van der Waals surface area contributed by atoms with E-state index in [1.54, 1.807) is 0 Å². The number of carbonyl (C=O) groups is 3. The van der Waals surface area contributed by atoms with Gasteiger partial charge in [-0.05, 0) is 6.92 Å². The Morgan fingerprint density at radius 2 is 1.94 bits per heavy atom. The summed E-state index contributed by atoms with van der Waals surface area (Å²) in [5, 5.41) is 10.7. The van der Waals surface area contributed by atoms with Crippen molar-refractivity contribution in [3.8, 4) is 0 Å². The molecule has 2 rings (SSSR count). The van der Waals surface area contributed by atoms with E-state index in [-0.39, 0.29) is 11.1 Å². The number of rotatable bonds is 2. The summed E-state index contributed by atoms with van der Waals surface area (Å²) in [4.78, 5) is 44.8. The molecule has 86 valence electrons. The summed E-state index contributed by atoms with van der Waals surface area (Å²) in [6.45, 7) is 1.12. The Hall–Kier alpha value is -2.37. The highest BCUT2D eigenvalue weighted by atomic mass is 16.6. The molecule has 0 spiro atoms. The molecule has 1 aliphatic rings. The van der Waals surface area contributed by atoms with Gasteiger partial charge in [0.05, 0.1) is 4.92 Å². The Morgan fingerprint density at radius 3 is 2.47 bits per heavy atom. The first-order valence-electron chi connectivity index (χ1n) is 4.81. The summed E-state index contributed by atoms with van der Waals surface area (Å²) < 4.78 is 0. The Bertz CT molecular complexity index is 575. The van der Waals surface area contributed by atoms with Gasteiger partial charge in [0.2, 0.25) is 0 Å². The van der Waals surface area contributed by atoms with Crippen molar-refractivity contribution in [2.45, 2.75) is 6.92 Å². The lowest BCUT2D eigenvalue weighted by Crippen LogP contribution is -2.23. The molecule has 0 radical (unpaired) electrons. The number of nitrogens with zero attached hydrogens (tertiary/aromatic N) is 1. The number of ketones is 3. The van der Waals surface area contributed by atoms with E-state index in [1.165, 1.54) is 12.1 Å². The molecule has 0 aromatic heterocycles. The molecule has 0 heterocycles. The number of hydrogen-bond acceptors (Lipinski definition) is 5. The van der Waals surface area contributed by atoms with Crippen LogP contribution in [-0.2, 0) is 4.79 Å². The lowest BCUT2D eigenvalue weighted by atomic mass is 10.00.